The second kappa shape index (κ2) is 11.5. The van der Waals surface area contributed by atoms with Crippen molar-refractivity contribution in [2.75, 3.05) is 38.5 Å². The SMILES string of the molecule is Cc1nc(C2CCNC2)ncc1-c1cc2cnc(Nc3ccc(OC4CCN(C)C4)cc3)nc2n(-c2ccccc2)c1=O. The maximum Gasteiger partial charge on any atom is 0.264 e. The molecule has 2 aliphatic rings. The summed E-state index contributed by atoms with van der Waals surface area (Å²) in [5, 5.41) is 7.39. The molecule has 10 nitrogen and oxygen atoms in total. The van der Waals surface area contributed by atoms with E-state index < -0.39 is 0 Å². The van der Waals surface area contributed by atoms with Crippen molar-refractivity contribution in [3.05, 3.63) is 94.9 Å². The summed E-state index contributed by atoms with van der Waals surface area (Å²) in [5.41, 5.74) is 3.86. The molecule has 218 valence electrons. The molecule has 0 spiro atoms. The largest absolute Gasteiger partial charge is 0.489 e. The molecule has 0 bridgehead atoms. The first kappa shape index (κ1) is 27.2. The van der Waals surface area contributed by atoms with Crippen LogP contribution in [0.3, 0.4) is 0 Å². The van der Waals surface area contributed by atoms with E-state index in [9.17, 15) is 4.79 Å². The van der Waals surface area contributed by atoms with Crippen LogP contribution in [0.15, 0.2) is 77.9 Å². The van der Waals surface area contributed by atoms with Crippen LogP contribution < -0.4 is 20.9 Å². The summed E-state index contributed by atoms with van der Waals surface area (Å²) in [4.78, 5) is 35.3. The molecule has 0 aliphatic carbocycles. The highest BCUT2D eigenvalue weighted by molar-refractivity contribution is 5.83. The van der Waals surface area contributed by atoms with Gasteiger partial charge >= 0.3 is 0 Å². The number of nitrogens with one attached hydrogen (secondary N) is 2. The van der Waals surface area contributed by atoms with Gasteiger partial charge in [0.25, 0.3) is 5.56 Å². The van der Waals surface area contributed by atoms with Crippen molar-refractivity contribution >= 4 is 22.7 Å². The van der Waals surface area contributed by atoms with E-state index in [-0.39, 0.29) is 11.7 Å². The van der Waals surface area contributed by atoms with Crippen molar-refractivity contribution in [3.8, 4) is 22.6 Å². The van der Waals surface area contributed by atoms with Crippen LogP contribution in [0.4, 0.5) is 11.6 Å². The fraction of sp³-hybridized carbons (Fsp3) is 0.303. The number of ether oxygens (including phenoxy) is 1. The van der Waals surface area contributed by atoms with E-state index in [0.29, 0.717) is 28.6 Å². The minimum atomic E-state index is -0.190. The van der Waals surface area contributed by atoms with Gasteiger partial charge < -0.3 is 20.3 Å². The molecule has 10 heteroatoms. The third kappa shape index (κ3) is 5.59. The number of pyridine rings is 1. The number of hydrogen-bond acceptors (Lipinski definition) is 9. The highest BCUT2D eigenvalue weighted by Gasteiger charge is 2.23. The molecule has 0 radical (unpaired) electrons. The summed E-state index contributed by atoms with van der Waals surface area (Å²) >= 11 is 0. The number of anilines is 2. The van der Waals surface area contributed by atoms with Crippen molar-refractivity contribution in [2.24, 2.45) is 0 Å². The van der Waals surface area contributed by atoms with E-state index >= 15 is 0 Å². The van der Waals surface area contributed by atoms with Crippen LogP contribution in [0, 0.1) is 6.92 Å². The first-order valence-electron chi connectivity index (χ1n) is 14.8. The van der Waals surface area contributed by atoms with Crippen molar-refractivity contribution in [2.45, 2.75) is 31.8 Å². The van der Waals surface area contributed by atoms with Crippen molar-refractivity contribution in [1.82, 2.24) is 34.7 Å². The summed E-state index contributed by atoms with van der Waals surface area (Å²) < 4.78 is 7.76. The second-order valence-corrected chi connectivity index (χ2v) is 11.4. The maximum atomic E-state index is 14.1. The summed E-state index contributed by atoms with van der Waals surface area (Å²) in [5.74, 6) is 2.34. The highest BCUT2D eigenvalue weighted by atomic mass is 16.5. The van der Waals surface area contributed by atoms with E-state index in [2.05, 4.69) is 32.5 Å². The van der Waals surface area contributed by atoms with Crippen LogP contribution in [0.25, 0.3) is 27.8 Å². The number of benzene rings is 2. The van der Waals surface area contributed by atoms with Gasteiger partial charge in [0.05, 0.1) is 11.3 Å². The molecule has 2 aromatic carbocycles. The maximum absolute atomic E-state index is 14.1. The third-order valence-electron chi connectivity index (χ3n) is 8.23. The van der Waals surface area contributed by atoms with Gasteiger partial charge in [0, 0.05) is 60.3 Å². The van der Waals surface area contributed by atoms with Gasteiger partial charge in [-0.3, -0.25) is 9.36 Å². The number of rotatable bonds is 7. The summed E-state index contributed by atoms with van der Waals surface area (Å²) in [6, 6.07) is 19.2. The monoisotopic (exact) mass is 574 g/mol. The fourth-order valence-corrected chi connectivity index (χ4v) is 5.92. The first-order chi connectivity index (χ1) is 21.0. The average Bonchev–Trinajstić information content (AvgIpc) is 3.71. The van der Waals surface area contributed by atoms with Gasteiger partial charge in [-0.25, -0.2) is 15.0 Å². The third-order valence-corrected chi connectivity index (χ3v) is 8.23. The molecular weight excluding hydrogens is 540 g/mol. The lowest BCUT2D eigenvalue weighted by Crippen LogP contribution is -2.22. The van der Waals surface area contributed by atoms with Crippen molar-refractivity contribution in [1.29, 1.82) is 0 Å². The smallest absolute Gasteiger partial charge is 0.264 e. The minimum Gasteiger partial charge on any atom is -0.489 e. The molecule has 2 N–H and O–H groups in total. The Morgan fingerprint density at radius 2 is 1.81 bits per heavy atom. The van der Waals surface area contributed by atoms with Crippen LogP contribution in [-0.4, -0.2) is 68.7 Å². The normalized spacial score (nSPS) is 18.7. The van der Waals surface area contributed by atoms with Crippen LogP contribution in [-0.2, 0) is 0 Å². The molecule has 43 heavy (non-hydrogen) atoms. The molecule has 3 aromatic heterocycles. The topological polar surface area (TPSA) is 110 Å². The number of aryl methyl sites for hydroxylation is 1. The lowest BCUT2D eigenvalue weighted by Gasteiger charge is -2.15. The Morgan fingerprint density at radius 1 is 0.977 bits per heavy atom. The number of hydrogen-bond donors (Lipinski definition) is 2. The van der Waals surface area contributed by atoms with E-state index in [4.69, 9.17) is 14.7 Å². The first-order valence-corrected chi connectivity index (χ1v) is 14.8. The van der Waals surface area contributed by atoms with Gasteiger partial charge in [0.1, 0.15) is 17.7 Å². The molecule has 5 aromatic rings. The summed E-state index contributed by atoms with van der Waals surface area (Å²) in [6.07, 6.45) is 5.78. The molecular formula is C33H34N8O2. The van der Waals surface area contributed by atoms with Crippen LogP contribution >= 0.6 is 0 Å². The number of likely N-dealkylation sites (N-methyl/N-ethyl adjacent to an activating group) is 1. The van der Waals surface area contributed by atoms with Gasteiger partial charge in [-0.1, -0.05) is 18.2 Å². The Balaban J connectivity index is 1.23. The number of likely N-dealkylation sites (tertiary alicyclic amines) is 1. The Hall–Kier alpha value is -4.67. The zero-order chi connectivity index (χ0) is 29.3. The Kier molecular flexibility index (Phi) is 7.30. The molecule has 0 saturated carbocycles. The Morgan fingerprint density at radius 3 is 2.53 bits per heavy atom. The zero-order valence-electron chi connectivity index (χ0n) is 24.3. The fourth-order valence-electron chi connectivity index (χ4n) is 5.92. The molecule has 7 rings (SSSR count). The second-order valence-electron chi connectivity index (χ2n) is 11.4. The van der Waals surface area contributed by atoms with Crippen LogP contribution in [0.1, 0.15) is 30.3 Å². The number of aromatic nitrogens is 5. The number of nitrogens with zero attached hydrogens (tertiary/aromatic N) is 6. The summed E-state index contributed by atoms with van der Waals surface area (Å²) in [7, 11) is 2.11. The predicted molar refractivity (Wildman–Crippen MR) is 167 cm³/mol. The highest BCUT2D eigenvalue weighted by Crippen LogP contribution is 2.27. The molecule has 2 unspecified atom stereocenters. The standard InChI is InChI=1S/C33H34N8O2/c1-21-29(19-35-30(37-21)22-12-14-34-17-22)28-16-23-18-36-33(39-31(23)41(32(28)42)25-6-4-3-5-7-25)38-24-8-10-26(11-9-24)43-27-13-15-40(2)20-27/h3-11,16,18-19,22,27,34H,12-15,17,20H2,1-2H3,(H,36,38,39). The molecule has 5 heterocycles. The molecule has 2 fully saturated rings. The van der Waals surface area contributed by atoms with E-state index in [1.807, 2.05) is 67.6 Å². The average molecular weight is 575 g/mol. The van der Waals surface area contributed by atoms with Gasteiger partial charge in [0.2, 0.25) is 5.95 Å². The van der Waals surface area contributed by atoms with E-state index in [1.54, 1.807) is 17.0 Å². The summed E-state index contributed by atoms with van der Waals surface area (Å²) in [6.45, 7) is 5.77. The van der Waals surface area contributed by atoms with Crippen molar-refractivity contribution < 1.29 is 4.74 Å². The molecule has 2 aliphatic heterocycles. The van der Waals surface area contributed by atoms with Gasteiger partial charge in [0.15, 0.2) is 5.65 Å². The van der Waals surface area contributed by atoms with E-state index in [0.717, 1.165) is 73.0 Å². The Bertz CT molecular complexity index is 1820. The van der Waals surface area contributed by atoms with Gasteiger partial charge in [-0.15, -0.1) is 0 Å². The zero-order valence-corrected chi connectivity index (χ0v) is 24.3. The molecule has 2 atom stereocenters. The molecule has 2 saturated heterocycles. The van der Waals surface area contributed by atoms with Crippen LogP contribution in [0.2, 0.25) is 0 Å². The van der Waals surface area contributed by atoms with E-state index in [1.165, 1.54) is 0 Å². The molecule has 0 amide bonds. The minimum absolute atomic E-state index is 0.190. The number of fused-ring (bicyclic) bond motifs is 1. The van der Waals surface area contributed by atoms with Gasteiger partial charge in [-0.05, 0) is 75.8 Å². The quantitative estimate of drug-likeness (QED) is 0.291. The van der Waals surface area contributed by atoms with Gasteiger partial charge in [-0.2, -0.15) is 4.98 Å². The lowest BCUT2D eigenvalue weighted by molar-refractivity contribution is 0.208. The van der Waals surface area contributed by atoms with Crippen LogP contribution in [0.5, 0.6) is 5.75 Å². The Labute approximate surface area is 249 Å². The number of para-hydroxylation sites is 1. The van der Waals surface area contributed by atoms with Crippen molar-refractivity contribution in [3.63, 3.8) is 0 Å². The predicted octanol–water partition coefficient (Wildman–Crippen LogP) is 4.45. The lowest BCUT2D eigenvalue weighted by atomic mass is 10.0.